The predicted molar refractivity (Wildman–Crippen MR) is 55.7 cm³/mol. The van der Waals surface area contributed by atoms with E-state index in [1.807, 2.05) is 6.92 Å². The van der Waals surface area contributed by atoms with Crippen LogP contribution in [0.1, 0.15) is 40.0 Å². The summed E-state index contributed by atoms with van der Waals surface area (Å²) in [6.45, 7) is 5.42. The van der Waals surface area contributed by atoms with Crippen molar-refractivity contribution in [2.45, 2.75) is 52.2 Å². The van der Waals surface area contributed by atoms with Gasteiger partial charge in [-0.25, -0.2) is 4.79 Å². The molecule has 0 aromatic heterocycles. The molecule has 1 amide bonds. The van der Waals surface area contributed by atoms with Gasteiger partial charge < -0.3 is 15.2 Å². The van der Waals surface area contributed by atoms with Crippen molar-refractivity contribution in [3.63, 3.8) is 0 Å². The Labute approximate surface area is 89.8 Å². The fourth-order valence-electron chi connectivity index (χ4n) is 1.20. The first kappa shape index (κ1) is 13.7. The number of carbonyl (C=O) groups excluding carboxylic acids is 1. The van der Waals surface area contributed by atoms with Gasteiger partial charge in [0.05, 0.1) is 12.5 Å². The Morgan fingerprint density at radius 1 is 1.40 bits per heavy atom. The van der Waals surface area contributed by atoms with E-state index < -0.39 is 12.1 Å². The van der Waals surface area contributed by atoms with E-state index in [1.54, 1.807) is 13.8 Å². The van der Waals surface area contributed by atoms with Crippen molar-refractivity contribution in [3.05, 3.63) is 0 Å². The normalized spacial score (nSPS) is 12.3. The first-order valence-electron chi connectivity index (χ1n) is 5.14. The fourth-order valence-corrected chi connectivity index (χ4v) is 1.20. The second-order valence-electron chi connectivity index (χ2n) is 3.68. The molecule has 5 nitrogen and oxygen atoms in total. The Bertz CT molecular complexity index is 215. The van der Waals surface area contributed by atoms with Crippen molar-refractivity contribution in [2.75, 3.05) is 0 Å². The van der Waals surface area contributed by atoms with Crippen LogP contribution in [-0.2, 0) is 9.53 Å². The van der Waals surface area contributed by atoms with Gasteiger partial charge in [-0.15, -0.1) is 0 Å². The summed E-state index contributed by atoms with van der Waals surface area (Å²) in [6.07, 6.45) is 0.641. The van der Waals surface area contributed by atoms with Gasteiger partial charge in [-0.1, -0.05) is 13.3 Å². The summed E-state index contributed by atoms with van der Waals surface area (Å²) < 4.78 is 4.87. The van der Waals surface area contributed by atoms with Crippen LogP contribution in [0.25, 0.3) is 0 Å². The van der Waals surface area contributed by atoms with Crippen molar-refractivity contribution >= 4 is 12.1 Å². The highest BCUT2D eigenvalue weighted by molar-refractivity contribution is 5.71. The molecule has 0 aromatic carbocycles. The molecule has 0 rings (SSSR count). The summed E-state index contributed by atoms with van der Waals surface area (Å²) >= 11 is 0. The van der Waals surface area contributed by atoms with Gasteiger partial charge in [-0.3, -0.25) is 4.79 Å². The summed E-state index contributed by atoms with van der Waals surface area (Å²) in [5.74, 6) is -0.918. The number of aliphatic carboxylic acids is 1. The SMILES string of the molecule is CCCC(CC(=O)O)NC(=O)OC(C)C. The Morgan fingerprint density at radius 3 is 2.40 bits per heavy atom. The topological polar surface area (TPSA) is 75.6 Å². The minimum absolute atomic E-state index is 0.0684. The zero-order valence-corrected chi connectivity index (χ0v) is 9.45. The number of rotatable bonds is 6. The average molecular weight is 217 g/mol. The highest BCUT2D eigenvalue weighted by atomic mass is 16.6. The first-order valence-corrected chi connectivity index (χ1v) is 5.14. The number of alkyl carbamates (subject to hydrolysis) is 1. The van der Waals surface area contributed by atoms with Gasteiger partial charge >= 0.3 is 12.1 Å². The molecule has 0 fully saturated rings. The van der Waals surface area contributed by atoms with Crippen LogP contribution in [0.15, 0.2) is 0 Å². The molecule has 5 heteroatoms. The van der Waals surface area contributed by atoms with Gasteiger partial charge in [0.1, 0.15) is 0 Å². The average Bonchev–Trinajstić information content (AvgIpc) is 2.00. The summed E-state index contributed by atoms with van der Waals surface area (Å²) in [4.78, 5) is 21.7. The summed E-state index contributed by atoms with van der Waals surface area (Å²) in [7, 11) is 0. The summed E-state index contributed by atoms with van der Waals surface area (Å²) in [5, 5.41) is 11.2. The maximum atomic E-state index is 11.2. The van der Waals surface area contributed by atoms with Crippen LogP contribution in [0, 0.1) is 0 Å². The van der Waals surface area contributed by atoms with Gasteiger partial charge in [-0.2, -0.15) is 0 Å². The van der Waals surface area contributed by atoms with Crippen molar-refractivity contribution in [1.82, 2.24) is 5.32 Å². The van der Waals surface area contributed by atoms with Crippen LogP contribution in [0.2, 0.25) is 0 Å². The molecule has 2 N–H and O–H groups in total. The molecule has 0 aliphatic rings. The quantitative estimate of drug-likeness (QED) is 0.710. The van der Waals surface area contributed by atoms with Crippen LogP contribution < -0.4 is 5.32 Å². The molecular weight excluding hydrogens is 198 g/mol. The van der Waals surface area contributed by atoms with Crippen LogP contribution in [0.4, 0.5) is 4.79 Å². The molecule has 1 unspecified atom stereocenters. The van der Waals surface area contributed by atoms with E-state index in [9.17, 15) is 9.59 Å². The van der Waals surface area contributed by atoms with Gasteiger partial charge in [-0.05, 0) is 20.3 Å². The number of ether oxygens (including phenoxy) is 1. The van der Waals surface area contributed by atoms with Gasteiger partial charge in [0.25, 0.3) is 0 Å². The Morgan fingerprint density at radius 2 is 2.00 bits per heavy atom. The molecular formula is C10H19NO4. The highest BCUT2D eigenvalue weighted by Crippen LogP contribution is 2.02. The van der Waals surface area contributed by atoms with Gasteiger partial charge in [0.2, 0.25) is 0 Å². The lowest BCUT2D eigenvalue weighted by Gasteiger charge is -2.17. The van der Waals surface area contributed by atoms with Crippen LogP contribution in [0.5, 0.6) is 0 Å². The lowest BCUT2D eigenvalue weighted by Crippen LogP contribution is -2.37. The Hall–Kier alpha value is -1.26. The minimum Gasteiger partial charge on any atom is -0.481 e. The van der Waals surface area contributed by atoms with Crippen molar-refractivity contribution in [1.29, 1.82) is 0 Å². The van der Waals surface area contributed by atoms with Crippen molar-refractivity contribution in [3.8, 4) is 0 Å². The molecule has 88 valence electrons. The zero-order chi connectivity index (χ0) is 11.8. The van der Waals surface area contributed by atoms with Gasteiger partial charge in [0.15, 0.2) is 0 Å². The number of nitrogens with one attached hydrogen (secondary N) is 1. The largest absolute Gasteiger partial charge is 0.481 e. The second-order valence-corrected chi connectivity index (χ2v) is 3.68. The summed E-state index contributed by atoms with van der Waals surface area (Å²) in [6, 6.07) is -0.348. The zero-order valence-electron chi connectivity index (χ0n) is 9.45. The maximum Gasteiger partial charge on any atom is 0.407 e. The van der Waals surface area contributed by atoms with E-state index in [0.717, 1.165) is 6.42 Å². The third kappa shape index (κ3) is 7.78. The van der Waals surface area contributed by atoms with Crippen LogP contribution >= 0.6 is 0 Å². The Kier molecular flexibility index (Phi) is 6.49. The number of carboxylic acids is 1. The van der Waals surface area contributed by atoms with Crippen LogP contribution in [-0.4, -0.2) is 29.3 Å². The third-order valence-corrected chi connectivity index (χ3v) is 1.72. The number of hydrogen-bond donors (Lipinski definition) is 2. The van der Waals surface area contributed by atoms with Gasteiger partial charge in [0, 0.05) is 6.04 Å². The first-order chi connectivity index (χ1) is 6.95. The second kappa shape index (κ2) is 7.09. The van der Waals surface area contributed by atoms with E-state index >= 15 is 0 Å². The number of amides is 1. The lowest BCUT2D eigenvalue weighted by atomic mass is 10.1. The molecule has 0 heterocycles. The molecule has 0 aromatic rings. The maximum absolute atomic E-state index is 11.2. The van der Waals surface area contributed by atoms with E-state index in [-0.39, 0.29) is 18.6 Å². The molecule has 0 saturated heterocycles. The fraction of sp³-hybridized carbons (Fsp3) is 0.800. The van der Waals surface area contributed by atoms with Crippen LogP contribution in [0.3, 0.4) is 0 Å². The smallest absolute Gasteiger partial charge is 0.407 e. The minimum atomic E-state index is -0.918. The monoisotopic (exact) mass is 217 g/mol. The number of hydrogen-bond acceptors (Lipinski definition) is 3. The highest BCUT2D eigenvalue weighted by Gasteiger charge is 2.16. The molecule has 15 heavy (non-hydrogen) atoms. The van der Waals surface area contributed by atoms with E-state index in [2.05, 4.69) is 5.32 Å². The molecule has 0 bridgehead atoms. The predicted octanol–water partition coefficient (Wildman–Crippen LogP) is 1.76. The number of carboxylic acid groups (broad SMARTS) is 1. The standard InChI is InChI=1S/C10H19NO4/c1-4-5-8(6-9(12)13)11-10(14)15-7(2)3/h7-8H,4-6H2,1-3H3,(H,11,14)(H,12,13). The summed E-state index contributed by atoms with van der Waals surface area (Å²) in [5.41, 5.74) is 0. The molecule has 0 radical (unpaired) electrons. The Balaban J connectivity index is 4.03. The van der Waals surface area contributed by atoms with E-state index in [0.29, 0.717) is 6.42 Å². The molecule has 0 aliphatic heterocycles. The third-order valence-electron chi connectivity index (χ3n) is 1.72. The molecule has 0 spiro atoms. The van der Waals surface area contributed by atoms with Crippen molar-refractivity contribution in [2.24, 2.45) is 0 Å². The van der Waals surface area contributed by atoms with E-state index in [4.69, 9.17) is 9.84 Å². The van der Waals surface area contributed by atoms with E-state index in [1.165, 1.54) is 0 Å². The van der Waals surface area contributed by atoms with Crippen molar-refractivity contribution < 1.29 is 19.4 Å². The lowest BCUT2D eigenvalue weighted by molar-refractivity contribution is -0.137. The molecule has 1 atom stereocenters. The number of carbonyl (C=O) groups is 2. The molecule has 0 aliphatic carbocycles. The molecule has 0 saturated carbocycles.